The van der Waals surface area contributed by atoms with Crippen LogP contribution < -0.4 is 20.5 Å². The third kappa shape index (κ3) is 6.38. The van der Waals surface area contributed by atoms with Gasteiger partial charge in [0, 0.05) is 28.1 Å². The van der Waals surface area contributed by atoms with E-state index < -0.39 is 38.2 Å². The van der Waals surface area contributed by atoms with Gasteiger partial charge in [0.25, 0.3) is 10.0 Å². The van der Waals surface area contributed by atoms with Crippen LogP contribution in [0.5, 0.6) is 11.5 Å². The molecule has 0 bridgehead atoms. The summed E-state index contributed by atoms with van der Waals surface area (Å²) in [7, 11) is -4.29. The second-order valence-electron chi connectivity index (χ2n) is 8.96. The van der Waals surface area contributed by atoms with Gasteiger partial charge in [0.1, 0.15) is 22.2 Å². The maximum absolute atomic E-state index is 14.9. The fourth-order valence-electron chi connectivity index (χ4n) is 4.33. The molecule has 1 saturated heterocycles. The summed E-state index contributed by atoms with van der Waals surface area (Å²) >= 11 is 13.7. The number of carboxylic acid groups (broad SMARTS) is 1. The Morgan fingerprint density at radius 2 is 2.00 bits per heavy atom. The molecule has 0 radical (unpaired) electrons. The van der Waals surface area contributed by atoms with Gasteiger partial charge in [0.05, 0.1) is 15.9 Å². The van der Waals surface area contributed by atoms with Crippen molar-refractivity contribution in [2.75, 3.05) is 17.8 Å². The molecule has 14 heteroatoms. The lowest BCUT2D eigenvalue weighted by atomic mass is 9.74. The van der Waals surface area contributed by atoms with Crippen LogP contribution in [0.3, 0.4) is 0 Å². The molecule has 9 nitrogen and oxygen atoms in total. The molecule has 5 N–H and O–H groups in total. The number of nitrogens with two attached hydrogens (primary N) is 1. The molecule has 1 aliphatic rings. The highest BCUT2D eigenvalue weighted by atomic mass is 35.5. The van der Waals surface area contributed by atoms with Gasteiger partial charge in [-0.05, 0) is 63.0 Å². The minimum atomic E-state index is -4.29. The molecule has 1 aromatic heterocycles. The van der Waals surface area contributed by atoms with E-state index in [9.17, 15) is 22.7 Å². The summed E-state index contributed by atoms with van der Waals surface area (Å²) in [4.78, 5) is 15.2. The highest BCUT2D eigenvalue weighted by Crippen LogP contribution is 2.40. The Morgan fingerprint density at radius 1 is 1.26 bits per heavy atom. The number of carbonyl (C=O) groups is 1. The molecular formula is C24H25Cl2FN4O5S2. The molecule has 1 atom stereocenters. The Labute approximate surface area is 233 Å². The molecule has 1 fully saturated rings. The normalized spacial score (nSPS) is 16.1. The minimum absolute atomic E-state index is 0.0554. The van der Waals surface area contributed by atoms with Crippen LogP contribution in [-0.2, 0) is 14.8 Å². The van der Waals surface area contributed by atoms with Crippen molar-refractivity contribution in [2.24, 2.45) is 11.1 Å². The van der Waals surface area contributed by atoms with Gasteiger partial charge in [-0.25, -0.2) is 17.8 Å². The van der Waals surface area contributed by atoms with E-state index in [4.69, 9.17) is 33.7 Å². The van der Waals surface area contributed by atoms with Gasteiger partial charge in [-0.2, -0.15) is 0 Å². The average molecular weight is 604 g/mol. The van der Waals surface area contributed by atoms with Crippen LogP contribution in [0.1, 0.15) is 37.3 Å². The van der Waals surface area contributed by atoms with Crippen LogP contribution in [0.15, 0.2) is 46.1 Å². The summed E-state index contributed by atoms with van der Waals surface area (Å²) in [5.41, 5.74) is 7.50. The van der Waals surface area contributed by atoms with Gasteiger partial charge in [0.15, 0.2) is 5.82 Å². The number of halogens is 3. The van der Waals surface area contributed by atoms with Crippen LogP contribution in [0.4, 0.5) is 10.2 Å². The van der Waals surface area contributed by atoms with Crippen LogP contribution in [0.25, 0.3) is 0 Å². The lowest BCUT2D eigenvalue weighted by molar-refractivity contribution is -0.151. The van der Waals surface area contributed by atoms with E-state index in [-0.39, 0.29) is 22.3 Å². The van der Waals surface area contributed by atoms with E-state index in [1.54, 1.807) is 12.1 Å². The number of piperidine rings is 1. The van der Waals surface area contributed by atoms with Crippen molar-refractivity contribution >= 4 is 56.3 Å². The lowest BCUT2D eigenvalue weighted by Gasteiger charge is -2.34. The van der Waals surface area contributed by atoms with Crippen LogP contribution in [0.2, 0.25) is 10.0 Å². The second-order valence-corrected chi connectivity index (χ2v) is 12.2. The van der Waals surface area contributed by atoms with Gasteiger partial charge >= 0.3 is 5.97 Å². The zero-order valence-corrected chi connectivity index (χ0v) is 23.1. The summed E-state index contributed by atoms with van der Waals surface area (Å²) in [6.45, 7) is 1.23. The van der Waals surface area contributed by atoms with E-state index in [2.05, 4.69) is 15.0 Å². The zero-order valence-electron chi connectivity index (χ0n) is 19.9. The monoisotopic (exact) mass is 602 g/mol. The molecule has 4 rings (SSSR count). The number of hydrogen-bond donors (Lipinski definition) is 4. The number of aromatic nitrogens is 1. The highest BCUT2D eigenvalue weighted by Gasteiger charge is 2.39. The maximum Gasteiger partial charge on any atom is 0.309 e. The topological polar surface area (TPSA) is 144 Å². The molecule has 0 spiro atoms. The molecule has 1 unspecified atom stereocenters. The number of hydrogen-bond acceptors (Lipinski definition) is 8. The third-order valence-corrected chi connectivity index (χ3v) is 8.97. The number of nitrogens with one attached hydrogen (secondary N) is 2. The van der Waals surface area contributed by atoms with Gasteiger partial charge in [-0.1, -0.05) is 23.2 Å². The molecule has 2 aromatic carbocycles. The molecule has 0 aliphatic carbocycles. The Balaban J connectivity index is 1.56. The van der Waals surface area contributed by atoms with Crippen molar-refractivity contribution in [3.05, 3.63) is 62.6 Å². The van der Waals surface area contributed by atoms with E-state index in [1.165, 1.54) is 28.3 Å². The molecule has 0 amide bonds. The van der Waals surface area contributed by atoms with Crippen molar-refractivity contribution in [3.8, 4) is 11.5 Å². The number of thiazole rings is 1. The molecule has 0 saturated carbocycles. The van der Waals surface area contributed by atoms with Gasteiger partial charge in [-0.3, -0.25) is 9.52 Å². The maximum atomic E-state index is 14.9. The molecule has 204 valence electrons. The van der Waals surface area contributed by atoms with Crippen molar-refractivity contribution in [2.45, 2.75) is 36.6 Å². The standard InChI is InChI=1S/C24H25Cl2FN4O5S2/c25-14-1-2-19(15(9-14)18(28)3-4-24(23(32)33)5-7-29-8-6-24)36-20-11-17(27)21(10-16(20)26)38(34,35)31-22-12-37-13-30-22/h1-2,9-13,18,29,31H,3-8,28H2,(H,32,33). The van der Waals surface area contributed by atoms with Crippen LogP contribution >= 0.6 is 34.5 Å². The summed E-state index contributed by atoms with van der Waals surface area (Å²) in [6.07, 6.45) is 1.68. The predicted molar refractivity (Wildman–Crippen MR) is 144 cm³/mol. The summed E-state index contributed by atoms with van der Waals surface area (Å²) < 4.78 is 48.3. The van der Waals surface area contributed by atoms with Crippen molar-refractivity contribution in [1.82, 2.24) is 10.3 Å². The molecule has 2 heterocycles. The van der Waals surface area contributed by atoms with Gasteiger partial charge < -0.3 is 20.9 Å². The SMILES string of the molecule is NC(CCC1(C(=O)O)CCNCC1)c1cc(Cl)ccc1Oc1cc(F)c(S(=O)(=O)Nc2cscn2)cc1Cl. The Bertz CT molecular complexity index is 1420. The quantitative estimate of drug-likeness (QED) is 0.241. The number of sulfonamides is 1. The van der Waals surface area contributed by atoms with Gasteiger partial charge in [-0.15, -0.1) is 11.3 Å². The number of aliphatic carboxylic acids is 1. The van der Waals surface area contributed by atoms with E-state index in [0.29, 0.717) is 49.4 Å². The van der Waals surface area contributed by atoms with Crippen molar-refractivity contribution in [3.63, 3.8) is 0 Å². The minimum Gasteiger partial charge on any atom is -0.481 e. The molecule has 38 heavy (non-hydrogen) atoms. The van der Waals surface area contributed by atoms with E-state index in [1.807, 2.05) is 0 Å². The summed E-state index contributed by atoms with van der Waals surface area (Å²) in [6, 6.07) is 5.87. The van der Waals surface area contributed by atoms with Crippen LogP contribution in [0, 0.1) is 11.2 Å². The lowest BCUT2D eigenvalue weighted by Crippen LogP contribution is -2.42. The number of nitrogens with zero attached hydrogens (tertiary/aromatic N) is 1. The first kappa shape index (κ1) is 28.5. The number of anilines is 1. The molecular weight excluding hydrogens is 578 g/mol. The average Bonchev–Trinajstić information content (AvgIpc) is 3.38. The predicted octanol–water partition coefficient (Wildman–Crippen LogP) is 5.42. The number of benzene rings is 2. The summed E-state index contributed by atoms with van der Waals surface area (Å²) in [5, 5.41) is 14.7. The zero-order chi connectivity index (χ0) is 27.5. The van der Waals surface area contributed by atoms with Crippen molar-refractivity contribution < 1.29 is 27.4 Å². The van der Waals surface area contributed by atoms with Crippen LogP contribution in [-0.4, -0.2) is 37.6 Å². The second kappa shape index (κ2) is 11.7. The fraction of sp³-hybridized carbons (Fsp3) is 0.333. The largest absolute Gasteiger partial charge is 0.481 e. The van der Waals surface area contributed by atoms with Gasteiger partial charge in [0.2, 0.25) is 0 Å². The molecule has 3 aromatic rings. The van der Waals surface area contributed by atoms with E-state index >= 15 is 0 Å². The molecule has 1 aliphatic heterocycles. The third-order valence-electron chi connectivity index (χ3n) is 6.49. The first-order valence-corrected chi connectivity index (χ1v) is 14.8. The first-order valence-electron chi connectivity index (χ1n) is 11.6. The Morgan fingerprint density at radius 3 is 2.66 bits per heavy atom. The highest BCUT2D eigenvalue weighted by molar-refractivity contribution is 7.92. The van der Waals surface area contributed by atoms with Crippen molar-refractivity contribution in [1.29, 1.82) is 0 Å². The summed E-state index contributed by atoms with van der Waals surface area (Å²) in [5.74, 6) is -1.78. The Kier molecular flexibility index (Phi) is 8.80. The first-order chi connectivity index (χ1) is 18.0. The smallest absolute Gasteiger partial charge is 0.309 e. The van der Waals surface area contributed by atoms with E-state index in [0.717, 1.165) is 12.1 Å². The number of carboxylic acids is 1. The number of rotatable bonds is 10. The fourth-order valence-corrected chi connectivity index (χ4v) is 6.43. The Hall–Kier alpha value is -2.48. The number of ether oxygens (including phenoxy) is 1.